The number of carbonyl (C=O) groups is 1. The molecule has 0 aromatic carbocycles. The second-order valence-corrected chi connectivity index (χ2v) is 5.36. The Labute approximate surface area is 97.6 Å². The van der Waals surface area contributed by atoms with Crippen LogP contribution in [0.2, 0.25) is 0 Å². The molecule has 0 aromatic rings. The number of amides is 1. The summed E-state index contributed by atoms with van der Waals surface area (Å²) in [7, 11) is 0. The minimum absolute atomic E-state index is 0.0236. The second-order valence-electron chi connectivity index (χ2n) is 5.36. The molecule has 2 atom stereocenters. The Bertz CT molecular complexity index is 235. The smallest absolute Gasteiger partial charge is 0.410 e. The Balaban J connectivity index is 2.70. The molecule has 1 amide bonds. The summed E-state index contributed by atoms with van der Waals surface area (Å²) in [4.78, 5) is 13.7. The lowest BCUT2D eigenvalue weighted by Crippen LogP contribution is -2.45. The van der Waals surface area contributed by atoms with Gasteiger partial charge in [0.1, 0.15) is 5.60 Å². The minimum atomic E-state index is -0.474. The van der Waals surface area contributed by atoms with E-state index in [1.165, 1.54) is 0 Å². The van der Waals surface area contributed by atoms with Gasteiger partial charge in [0.2, 0.25) is 0 Å². The van der Waals surface area contributed by atoms with Crippen LogP contribution in [0.5, 0.6) is 0 Å². The topological polar surface area (TPSA) is 49.8 Å². The Kier molecular flexibility index (Phi) is 4.19. The van der Waals surface area contributed by atoms with Gasteiger partial charge in [-0.3, -0.25) is 4.90 Å². The summed E-state index contributed by atoms with van der Waals surface area (Å²) in [5.74, 6) is 0. The van der Waals surface area contributed by atoms with Gasteiger partial charge in [0.25, 0.3) is 0 Å². The fourth-order valence-electron chi connectivity index (χ4n) is 2.15. The number of aliphatic hydroxyl groups is 1. The van der Waals surface area contributed by atoms with Gasteiger partial charge in [0.15, 0.2) is 0 Å². The molecule has 94 valence electrons. The molecule has 0 radical (unpaired) electrons. The Morgan fingerprint density at radius 2 is 1.94 bits per heavy atom. The van der Waals surface area contributed by atoms with Crippen LogP contribution in [0.25, 0.3) is 0 Å². The Morgan fingerprint density at radius 1 is 1.38 bits per heavy atom. The Morgan fingerprint density at radius 3 is 2.38 bits per heavy atom. The fraction of sp³-hybridized carbons (Fsp3) is 0.917. The SMILES string of the molecule is CCC1CCC(CO)N1C(=O)OC(C)(C)C. The number of carbonyl (C=O) groups excluding carboxylic acids is 1. The van der Waals surface area contributed by atoms with Crippen molar-refractivity contribution in [3.8, 4) is 0 Å². The van der Waals surface area contributed by atoms with E-state index < -0.39 is 5.60 Å². The van der Waals surface area contributed by atoms with Crippen molar-refractivity contribution in [1.29, 1.82) is 0 Å². The summed E-state index contributed by atoms with van der Waals surface area (Å²) in [5.41, 5.74) is -0.474. The molecule has 1 aliphatic heterocycles. The quantitative estimate of drug-likeness (QED) is 0.789. The number of rotatable bonds is 2. The van der Waals surface area contributed by atoms with Crippen molar-refractivity contribution in [2.75, 3.05) is 6.61 Å². The standard InChI is InChI=1S/C12H23NO3/c1-5-9-6-7-10(8-14)13(9)11(15)16-12(2,3)4/h9-10,14H,5-8H2,1-4H3. The van der Waals surface area contributed by atoms with Crippen molar-refractivity contribution in [3.05, 3.63) is 0 Å². The number of aliphatic hydroxyl groups excluding tert-OH is 1. The Hall–Kier alpha value is -0.770. The van der Waals surface area contributed by atoms with E-state index in [0.29, 0.717) is 0 Å². The normalized spacial score (nSPS) is 25.9. The average molecular weight is 229 g/mol. The fourth-order valence-corrected chi connectivity index (χ4v) is 2.15. The van der Waals surface area contributed by atoms with Gasteiger partial charge in [0, 0.05) is 6.04 Å². The molecule has 0 aromatic heterocycles. The number of nitrogens with zero attached hydrogens (tertiary/aromatic N) is 1. The van der Waals surface area contributed by atoms with Gasteiger partial charge in [-0.05, 0) is 40.0 Å². The zero-order valence-electron chi connectivity index (χ0n) is 10.7. The highest BCUT2D eigenvalue weighted by Crippen LogP contribution is 2.27. The van der Waals surface area contributed by atoms with Crippen LogP contribution in [0.15, 0.2) is 0 Å². The molecule has 0 bridgehead atoms. The lowest BCUT2D eigenvalue weighted by Gasteiger charge is -2.31. The van der Waals surface area contributed by atoms with Gasteiger partial charge < -0.3 is 9.84 Å². The third-order valence-electron chi connectivity index (χ3n) is 2.91. The van der Waals surface area contributed by atoms with Gasteiger partial charge in [-0.25, -0.2) is 4.79 Å². The van der Waals surface area contributed by atoms with Crippen LogP contribution in [0, 0.1) is 0 Å². The van der Waals surface area contributed by atoms with Crippen molar-refractivity contribution in [3.63, 3.8) is 0 Å². The van der Waals surface area contributed by atoms with Crippen LogP contribution >= 0.6 is 0 Å². The molecule has 0 spiro atoms. The van der Waals surface area contributed by atoms with Gasteiger partial charge >= 0.3 is 6.09 Å². The molecule has 1 saturated heterocycles. The predicted molar refractivity (Wildman–Crippen MR) is 62.3 cm³/mol. The summed E-state index contributed by atoms with van der Waals surface area (Å²) in [6, 6.07) is 0.145. The molecule has 1 heterocycles. The molecule has 0 aliphatic carbocycles. The van der Waals surface area contributed by atoms with Crippen molar-refractivity contribution in [1.82, 2.24) is 4.90 Å². The van der Waals surface area contributed by atoms with Gasteiger partial charge in [-0.15, -0.1) is 0 Å². The van der Waals surface area contributed by atoms with E-state index in [9.17, 15) is 9.90 Å². The van der Waals surface area contributed by atoms with Crippen LogP contribution in [-0.2, 0) is 4.74 Å². The van der Waals surface area contributed by atoms with E-state index in [2.05, 4.69) is 6.92 Å². The summed E-state index contributed by atoms with van der Waals surface area (Å²) in [5, 5.41) is 9.25. The van der Waals surface area contributed by atoms with Crippen LogP contribution in [0.1, 0.15) is 47.0 Å². The van der Waals surface area contributed by atoms with Gasteiger partial charge in [-0.1, -0.05) is 6.92 Å². The predicted octanol–water partition coefficient (Wildman–Crippen LogP) is 2.16. The average Bonchev–Trinajstić information content (AvgIpc) is 2.57. The summed E-state index contributed by atoms with van der Waals surface area (Å²) >= 11 is 0. The first-order valence-corrected chi connectivity index (χ1v) is 6.01. The van der Waals surface area contributed by atoms with Crippen LogP contribution in [-0.4, -0.2) is 40.4 Å². The summed E-state index contributed by atoms with van der Waals surface area (Å²) < 4.78 is 5.36. The van der Waals surface area contributed by atoms with Crippen molar-refractivity contribution in [2.45, 2.75) is 64.6 Å². The molecule has 16 heavy (non-hydrogen) atoms. The molecule has 0 saturated carbocycles. The summed E-state index contributed by atoms with van der Waals surface area (Å²) in [6.07, 6.45) is 2.45. The van der Waals surface area contributed by atoms with E-state index in [1.54, 1.807) is 4.90 Å². The molecular weight excluding hydrogens is 206 g/mol. The first-order valence-electron chi connectivity index (χ1n) is 6.01. The van der Waals surface area contributed by atoms with Crippen molar-refractivity contribution < 1.29 is 14.6 Å². The molecule has 1 aliphatic rings. The monoisotopic (exact) mass is 229 g/mol. The van der Waals surface area contributed by atoms with E-state index in [-0.39, 0.29) is 24.8 Å². The maximum absolute atomic E-state index is 12.0. The number of ether oxygens (including phenoxy) is 1. The summed E-state index contributed by atoms with van der Waals surface area (Å²) in [6.45, 7) is 7.65. The van der Waals surface area contributed by atoms with Gasteiger partial charge in [-0.2, -0.15) is 0 Å². The largest absolute Gasteiger partial charge is 0.444 e. The first kappa shape index (κ1) is 13.3. The molecule has 1 rings (SSSR count). The molecule has 4 nitrogen and oxygen atoms in total. The third-order valence-corrected chi connectivity index (χ3v) is 2.91. The van der Waals surface area contributed by atoms with Crippen molar-refractivity contribution >= 4 is 6.09 Å². The van der Waals surface area contributed by atoms with E-state index in [4.69, 9.17) is 4.74 Å². The third kappa shape index (κ3) is 3.11. The lowest BCUT2D eigenvalue weighted by molar-refractivity contribution is 0.00864. The van der Waals surface area contributed by atoms with Crippen LogP contribution < -0.4 is 0 Å². The van der Waals surface area contributed by atoms with Crippen LogP contribution in [0.3, 0.4) is 0 Å². The number of hydrogen-bond donors (Lipinski definition) is 1. The molecular formula is C12H23NO3. The molecule has 1 fully saturated rings. The van der Waals surface area contributed by atoms with Crippen molar-refractivity contribution in [2.24, 2.45) is 0 Å². The number of likely N-dealkylation sites (tertiary alicyclic amines) is 1. The maximum atomic E-state index is 12.0. The van der Waals surface area contributed by atoms with Gasteiger partial charge in [0.05, 0.1) is 12.6 Å². The van der Waals surface area contributed by atoms with E-state index in [0.717, 1.165) is 19.3 Å². The minimum Gasteiger partial charge on any atom is -0.444 e. The highest BCUT2D eigenvalue weighted by atomic mass is 16.6. The maximum Gasteiger partial charge on any atom is 0.410 e. The first-order chi connectivity index (χ1) is 7.39. The molecule has 4 heteroatoms. The second kappa shape index (κ2) is 5.04. The number of hydrogen-bond acceptors (Lipinski definition) is 3. The highest BCUT2D eigenvalue weighted by Gasteiger charge is 2.37. The van der Waals surface area contributed by atoms with E-state index >= 15 is 0 Å². The zero-order valence-corrected chi connectivity index (χ0v) is 10.7. The zero-order chi connectivity index (χ0) is 12.3. The lowest BCUT2D eigenvalue weighted by atomic mass is 10.1. The van der Waals surface area contributed by atoms with E-state index in [1.807, 2.05) is 20.8 Å². The van der Waals surface area contributed by atoms with Crippen LogP contribution in [0.4, 0.5) is 4.79 Å². The highest BCUT2D eigenvalue weighted by molar-refractivity contribution is 5.69. The molecule has 1 N–H and O–H groups in total. The molecule has 2 unspecified atom stereocenters.